The molecule has 0 aromatic heterocycles. The number of nitrogens with zero attached hydrogens (tertiary/aromatic N) is 1. The zero-order valence-corrected chi connectivity index (χ0v) is 23.7. The molecule has 13 heteroatoms. The van der Waals surface area contributed by atoms with Gasteiger partial charge < -0.3 is 29.0 Å². The summed E-state index contributed by atoms with van der Waals surface area (Å²) in [5, 5.41) is 4.89. The highest BCUT2D eigenvalue weighted by Gasteiger charge is 2.45. The van der Waals surface area contributed by atoms with Crippen LogP contribution in [0.1, 0.15) is 59.2 Å². The summed E-state index contributed by atoms with van der Waals surface area (Å²) in [6.45, 7) is 7.81. The van der Waals surface area contributed by atoms with Crippen molar-refractivity contribution in [1.82, 2.24) is 10.2 Å². The van der Waals surface area contributed by atoms with Crippen LogP contribution in [0.4, 0.5) is 5.69 Å². The molecule has 0 bridgehead atoms. The van der Waals surface area contributed by atoms with Crippen LogP contribution >= 0.6 is 0 Å². The number of fused-ring (bicyclic) bond motifs is 1. The van der Waals surface area contributed by atoms with Gasteiger partial charge in [-0.1, -0.05) is 19.1 Å². The number of hydrogen-bond donors (Lipinski definition) is 2. The lowest BCUT2D eigenvalue weighted by Crippen LogP contribution is -2.54. The molecule has 1 aromatic carbocycles. The topological polar surface area (TPSA) is 159 Å². The quantitative estimate of drug-likeness (QED) is 0.123. The van der Waals surface area contributed by atoms with Gasteiger partial charge >= 0.3 is 0 Å². The number of anilines is 1. The van der Waals surface area contributed by atoms with Crippen molar-refractivity contribution in [2.45, 2.75) is 44.6 Å². The van der Waals surface area contributed by atoms with Crippen LogP contribution < -0.4 is 10.6 Å². The maximum absolute atomic E-state index is 13.1. The van der Waals surface area contributed by atoms with Crippen molar-refractivity contribution in [2.24, 2.45) is 0 Å². The number of carbonyl (C=O) groups is 5. The first kappa shape index (κ1) is 32.9. The minimum atomic E-state index is -1.06. The van der Waals surface area contributed by atoms with E-state index < -0.39 is 29.7 Å². The van der Waals surface area contributed by atoms with Gasteiger partial charge in [0.1, 0.15) is 12.6 Å². The van der Waals surface area contributed by atoms with Gasteiger partial charge in [-0.05, 0) is 31.4 Å². The van der Waals surface area contributed by atoms with Gasteiger partial charge in [0, 0.05) is 19.4 Å². The van der Waals surface area contributed by atoms with Crippen LogP contribution in [-0.4, -0.2) is 99.9 Å². The molecule has 0 aliphatic carbocycles. The molecule has 13 nitrogen and oxygen atoms in total. The van der Waals surface area contributed by atoms with Gasteiger partial charge in [-0.2, -0.15) is 0 Å². The maximum atomic E-state index is 13.1. The Morgan fingerprint density at radius 3 is 2.17 bits per heavy atom. The third kappa shape index (κ3) is 10.0. The summed E-state index contributed by atoms with van der Waals surface area (Å²) in [6, 6.07) is 3.54. The second-order valence-corrected chi connectivity index (χ2v) is 9.52. The number of piperidine rings is 1. The Labute approximate surface area is 244 Å². The molecular weight excluding hydrogens is 550 g/mol. The molecule has 2 aliphatic heterocycles. The number of rotatable bonds is 21. The molecule has 5 amide bonds. The van der Waals surface area contributed by atoms with Crippen molar-refractivity contribution < 1.29 is 47.7 Å². The van der Waals surface area contributed by atoms with Crippen molar-refractivity contribution >= 4 is 35.2 Å². The molecule has 1 saturated heterocycles. The standard InChI is InChI=1S/C29H39N3O10/c1-2-38-13-14-40-17-18-42-20-19-41-16-15-39-12-5-3-4-9-24(33)30-22-8-6-7-21-26(22)29(37)32(28(21)36)23-10-11-25(34)31-27(23)35/h2,6-8,23H,1,3-5,9-20H2,(H,30,33)(H,31,34,35). The number of imide groups is 2. The number of amides is 5. The third-order valence-corrected chi connectivity index (χ3v) is 6.51. The van der Waals surface area contributed by atoms with E-state index in [2.05, 4.69) is 17.2 Å². The van der Waals surface area contributed by atoms with E-state index in [0.29, 0.717) is 65.9 Å². The highest BCUT2D eigenvalue weighted by molar-refractivity contribution is 6.26. The largest absolute Gasteiger partial charge is 0.499 e. The van der Waals surface area contributed by atoms with E-state index in [9.17, 15) is 24.0 Å². The number of ether oxygens (including phenoxy) is 5. The molecule has 0 radical (unpaired) electrons. The number of unbranched alkanes of at least 4 members (excludes halogenated alkanes) is 2. The van der Waals surface area contributed by atoms with Crippen molar-refractivity contribution in [3.05, 3.63) is 42.2 Å². The van der Waals surface area contributed by atoms with E-state index in [1.165, 1.54) is 12.3 Å². The molecule has 230 valence electrons. The summed E-state index contributed by atoms with van der Waals surface area (Å²) in [4.78, 5) is 63.2. The van der Waals surface area contributed by atoms with Gasteiger partial charge in [-0.3, -0.25) is 34.2 Å². The van der Waals surface area contributed by atoms with E-state index in [4.69, 9.17) is 23.7 Å². The van der Waals surface area contributed by atoms with E-state index >= 15 is 0 Å². The van der Waals surface area contributed by atoms with Gasteiger partial charge in [0.25, 0.3) is 11.8 Å². The highest BCUT2D eigenvalue weighted by atomic mass is 16.6. The van der Waals surface area contributed by atoms with Gasteiger partial charge in [0.05, 0.1) is 69.3 Å². The molecule has 2 aliphatic rings. The Kier molecular flexibility index (Phi) is 14.1. The van der Waals surface area contributed by atoms with Crippen molar-refractivity contribution in [1.29, 1.82) is 0 Å². The summed E-state index contributed by atoms with van der Waals surface area (Å²) in [5.74, 6) is -2.69. The van der Waals surface area contributed by atoms with Gasteiger partial charge in [0.2, 0.25) is 17.7 Å². The Balaban J connectivity index is 1.24. The second kappa shape index (κ2) is 18.0. The number of carbonyl (C=O) groups excluding carboxylic acids is 5. The molecule has 2 heterocycles. The SMILES string of the molecule is C=COCCOCCOCCOCCOCCCCCC(=O)Nc1cccc2c1C(=O)N(C1CCC(=O)NC1=O)C2=O. The molecule has 1 atom stereocenters. The average Bonchev–Trinajstić information content (AvgIpc) is 3.22. The van der Waals surface area contributed by atoms with Gasteiger partial charge in [0.15, 0.2) is 0 Å². The molecule has 2 N–H and O–H groups in total. The predicted octanol–water partition coefficient (Wildman–Crippen LogP) is 1.81. The van der Waals surface area contributed by atoms with Crippen LogP contribution in [0.3, 0.4) is 0 Å². The van der Waals surface area contributed by atoms with Crippen LogP contribution in [0.15, 0.2) is 31.0 Å². The molecule has 3 rings (SSSR count). The van der Waals surface area contributed by atoms with Crippen molar-refractivity contribution in [3.8, 4) is 0 Å². The fourth-order valence-corrected chi connectivity index (χ4v) is 4.45. The first-order chi connectivity index (χ1) is 20.4. The molecular formula is C29H39N3O10. The van der Waals surface area contributed by atoms with Crippen LogP contribution in [0.2, 0.25) is 0 Å². The van der Waals surface area contributed by atoms with E-state index in [0.717, 1.165) is 17.7 Å². The molecule has 0 saturated carbocycles. The minimum absolute atomic E-state index is 0.0347. The Hall–Kier alpha value is -3.65. The summed E-state index contributed by atoms with van der Waals surface area (Å²) < 4.78 is 26.6. The summed E-state index contributed by atoms with van der Waals surface area (Å²) in [6.07, 6.45) is 3.89. The van der Waals surface area contributed by atoms with Crippen LogP contribution in [-0.2, 0) is 38.1 Å². The lowest BCUT2D eigenvalue weighted by molar-refractivity contribution is -0.136. The molecule has 1 aromatic rings. The third-order valence-electron chi connectivity index (χ3n) is 6.51. The summed E-state index contributed by atoms with van der Waals surface area (Å²) in [7, 11) is 0. The van der Waals surface area contributed by atoms with Crippen molar-refractivity contribution in [3.63, 3.8) is 0 Å². The maximum Gasteiger partial charge on any atom is 0.264 e. The highest BCUT2D eigenvalue weighted by Crippen LogP contribution is 2.32. The smallest absolute Gasteiger partial charge is 0.264 e. The number of nitrogens with one attached hydrogen (secondary N) is 2. The van der Waals surface area contributed by atoms with Crippen molar-refractivity contribution in [2.75, 3.05) is 64.8 Å². The van der Waals surface area contributed by atoms with Gasteiger partial charge in [-0.15, -0.1) is 0 Å². The Morgan fingerprint density at radius 1 is 0.881 bits per heavy atom. The predicted molar refractivity (Wildman–Crippen MR) is 150 cm³/mol. The Bertz CT molecular complexity index is 1110. The first-order valence-corrected chi connectivity index (χ1v) is 14.1. The zero-order valence-electron chi connectivity index (χ0n) is 23.7. The first-order valence-electron chi connectivity index (χ1n) is 14.1. The molecule has 1 unspecified atom stereocenters. The monoisotopic (exact) mass is 589 g/mol. The molecule has 42 heavy (non-hydrogen) atoms. The fraction of sp³-hybridized carbons (Fsp3) is 0.552. The number of hydrogen-bond acceptors (Lipinski definition) is 10. The lowest BCUT2D eigenvalue weighted by Gasteiger charge is -2.27. The molecule has 1 fully saturated rings. The second-order valence-electron chi connectivity index (χ2n) is 9.52. The minimum Gasteiger partial charge on any atom is -0.499 e. The van der Waals surface area contributed by atoms with Crippen LogP contribution in [0.25, 0.3) is 0 Å². The van der Waals surface area contributed by atoms with E-state index in [-0.39, 0.29) is 42.0 Å². The van der Waals surface area contributed by atoms with Gasteiger partial charge in [-0.25, -0.2) is 0 Å². The fourth-order valence-electron chi connectivity index (χ4n) is 4.45. The van der Waals surface area contributed by atoms with E-state index in [1.807, 2.05) is 0 Å². The van der Waals surface area contributed by atoms with Crippen LogP contribution in [0.5, 0.6) is 0 Å². The van der Waals surface area contributed by atoms with E-state index in [1.54, 1.807) is 12.1 Å². The average molecular weight is 590 g/mol. The normalized spacial score (nSPS) is 16.4. The summed E-state index contributed by atoms with van der Waals surface area (Å²) >= 11 is 0. The molecule has 0 spiro atoms. The lowest BCUT2D eigenvalue weighted by atomic mass is 10.0. The Morgan fingerprint density at radius 2 is 1.52 bits per heavy atom. The van der Waals surface area contributed by atoms with Crippen LogP contribution in [0, 0.1) is 0 Å². The zero-order chi connectivity index (χ0) is 30.2. The number of benzene rings is 1. The summed E-state index contributed by atoms with van der Waals surface area (Å²) in [5.41, 5.74) is 0.399.